The maximum absolute atomic E-state index is 13.2. The molecule has 0 saturated heterocycles. The van der Waals surface area contributed by atoms with Crippen LogP contribution in [0.4, 0.5) is 4.39 Å². The lowest BCUT2D eigenvalue weighted by molar-refractivity contribution is 0.378. The van der Waals surface area contributed by atoms with E-state index in [4.69, 9.17) is 0 Å². The van der Waals surface area contributed by atoms with Crippen molar-refractivity contribution in [3.05, 3.63) is 72.2 Å². The Balaban J connectivity index is 1.34. The van der Waals surface area contributed by atoms with E-state index in [0.29, 0.717) is 6.04 Å². The number of fused-ring (bicyclic) bond motifs is 2. The second-order valence-electron chi connectivity index (χ2n) is 6.85. The van der Waals surface area contributed by atoms with Crippen LogP contribution in [0, 0.1) is 5.82 Å². The summed E-state index contributed by atoms with van der Waals surface area (Å²) in [5, 5.41) is 12.3. The molecule has 0 spiro atoms. The Bertz CT molecular complexity index is 1080. The van der Waals surface area contributed by atoms with E-state index in [-0.39, 0.29) is 5.82 Å². The summed E-state index contributed by atoms with van der Waals surface area (Å²) in [4.78, 5) is 4.34. The van der Waals surface area contributed by atoms with Crippen LogP contribution in [0.2, 0.25) is 0 Å². The van der Waals surface area contributed by atoms with Crippen molar-refractivity contribution in [2.24, 2.45) is 0 Å². The van der Waals surface area contributed by atoms with Crippen molar-refractivity contribution in [3.63, 3.8) is 0 Å². The molecule has 0 amide bonds. The number of nitrogens with zero attached hydrogens (tertiary/aromatic N) is 5. The molecule has 0 unspecified atom stereocenters. The van der Waals surface area contributed by atoms with Crippen molar-refractivity contribution >= 4 is 5.65 Å². The van der Waals surface area contributed by atoms with Gasteiger partial charge >= 0.3 is 0 Å². The lowest BCUT2D eigenvalue weighted by Gasteiger charge is -2.25. The molecule has 1 atom stereocenters. The first kappa shape index (κ1) is 16.1. The van der Waals surface area contributed by atoms with Gasteiger partial charge in [-0.05, 0) is 42.8 Å². The largest absolute Gasteiger partial charge is 0.309 e. The fourth-order valence-corrected chi connectivity index (χ4v) is 3.71. The first-order chi connectivity index (χ1) is 13.3. The van der Waals surface area contributed by atoms with E-state index in [1.165, 1.54) is 17.8 Å². The van der Waals surface area contributed by atoms with Gasteiger partial charge < -0.3 is 14.3 Å². The number of benzene rings is 1. The number of pyridine rings is 1. The number of rotatable bonds is 4. The minimum Gasteiger partial charge on any atom is -0.309 e. The van der Waals surface area contributed by atoms with E-state index in [2.05, 4.69) is 35.5 Å². The molecule has 1 aliphatic rings. The predicted octanol–water partition coefficient (Wildman–Crippen LogP) is 2.84. The lowest BCUT2D eigenvalue weighted by Crippen LogP contribution is -2.37. The standard InChI is InChI=1S/C20H19FN6/c21-15-6-4-14(5-7-15)20-25-24-19-9-8-16(13-27(19)20)23-12-17-2-1-3-18-22-10-11-26(17)18/h1-7,10-11,16,23H,8-9,12-13H2/t16-/m1/s1. The van der Waals surface area contributed by atoms with Crippen LogP contribution >= 0.6 is 0 Å². The number of nitrogens with one attached hydrogen (secondary N) is 1. The van der Waals surface area contributed by atoms with E-state index in [9.17, 15) is 4.39 Å². The number of imidazole rings is 1. The minimum atomic E-state index is -0.245. The van der Waals surface area contributed by atoms with Gasteiger partial charge in [0.2, 0.25) is 0 Å². The van der Waals surface area contributed by atoms with Gasteiger partial charge in [-0.15, -0.1) is 10.2 Å². The zero-order valence-corrected chi connectivity index (χ0v) is 14.7. The van der Waals surface area contributed by atoms with E-state index in [1.807, 2.05) is 24.5 Å². The summed E-state index contributed by atoms with van der Waals surface area (Å²) in [6.45, 7) is 1.57. The summed E-state index contributed by atoms with van der Waals surface area (Å²) in [6, 6.07) is 12.9. The van der Waals surface area contributed by atoms with E-state index in [0.717, 1.165) is 48.8 Å². The first-order valence-corrected chi connectivity index (χ1v) is 9.10. The van der Waals surface area contributed by atoms with Crippen molar-refractivity contribution in [1.29, 1.82) is 0 Å². The number of halogens is 1. The van der Waals surface area contributed by atoms with Gasteiger partial charge in [-0.3, -0.25) is 0 Å². The molecule has 0 radical (unpaired) electrons. The SMILES string of the molecule is Fc1ccc(-c2nnc3n2C[C@H](NCc2cccc4nccn24)CC3)cc1. The second kappa shape index (κ2) is 6.59. The van der Waals surface area contributed by atoms with Gasteiger partial charge in [-0.25, -0.2) is 9.37 Å². The van der Waals surface area contributed by atoms with Gasteiger partial charge in [0.25, 0.3) is 0 Å². The smallest absolute Gasteiger partial charge is 0.164 e. The highest BCUT2D eigenvalue weighted by atomic mass is 19.1. The molecule has 0 fully saturated rings. The lowest BCUT2D eigenvalue weighted by atomic mass is 10.1. The molecule has 3 aromatic heterocycles. The molecule has 1 N–H and O–H groups in total. The molecule has 4 aromatic rings. The van der Waals surface area contributed by atoms with E-state index < -0.39 is 0 Å². The summed E-state index contributed by atoms with van der Waals surface area (Å²) in [5.41, 5.74) is 3.02. The highest BCUT2D eigenvalue weighted by molar-refractivity contribution is 5.55. The van der Waals surface area contributed by atoms with Crippen molar-refractivity contribution in [1.82, 2.24) is 29.5 Å². The van der Waals surface area contributed by atoms with Crippen molar-refractivity contribution in [2.45, 2.75) is 32.0 Å². The molecule has 1 aromatic carbocycles. The van der Waals surface area contributed by atoms with Crippen LogP contribution in [0.25, 0.3) is 17.0 Å². The Morgan fingerprint density at radius 2 is 2.00 bits per heavy atom. The van der Waals surface area contributed by atoms with E-state index in [1.54, 1.807) is 12.1 Å². The monoisotopic (exact) mass is 362 g/mol. The molecular formula is C20H19FN6. The molecule has 0 bridgehead atoms. The van der Waals surface area contributed by atoms with Gasteiger partial charge in [0.15, 0.2) is 5.82 Å². The summed E-state index contributed by atoms with van der Waals surface area (Å²) in [5.74, 6) is 1.54. The predicted molar refractivity (Wildman–Crippen MR) is 99.6 cm³/mol. The van der Waals surface area contributed by atoms with Gasteiger partial charge in [0, 0.05) is 49.2 Å². The summed E-state index contributed by atoms with van der Waals surface area (Å²) < 4.78 is 17.5. The third-order valence-corrected chi connectivity index (χ3v) is 5.13. The van der Waals surface area contributed by atoms with Crippen molar-refractivity contribution < 1.29 is 4.39 Å². The number of aryl methyl sites for hydroxylation is 1. The third-order valence-electron chi connectivity index (χ3n) is 5.13. The van der Waals surface area contributed by atoms with Gasteiger partial charge in [0.05, 0.1) is 0 Å². The minimum absolute atomic E-state index is 0.245. The Morgan fingerprint density at radius 3 is 2.89 bits per heavy atom. The summed E-state index contributed by atoms with van der Waals surface area (Å²) >= 11 is 0. The van der Waals surface area contributed by atoms with Gasteiger partial charge in [0.1, 0.15) is 17.3 Å². The number of hydrogen-bond donors (Lipinski definition) is 1. The highest BCUT2D eigenvalue weighted by Gasteiger charge is 2.23. The third kappa shape index (κ3) is 3.00. The fraction of sp³-hybridized carbons (Fsp3) is 0.250. The maximum Gasteiger partial charge on any atom is 0.164 e. The highest BCUT2D eigenvalue weighted by Crippen LogP contribution is 2.23. The van der Waals surface area contributed by atoms with E-state index >= 15 is 0 Å². The average Bonchev–Trinajstić information content (AvgIpc) is 3.34. The van der Waals surface area contributed by atoms with Gasteiger partial charge in [-0.1, -0.05) is 6.07 Å². The van der Waals surface area contributed by atoms with Crippen LogP contribution in [0.15, 0.2) is 54.9 Å². The topological polar surface area (TPSA) is 60.0 Å². The quantitative estimate of drug-likeness (QED) is 0.606. The molecular weight excluding hydrogens is 343 g/mol. The van der Waals surface area contributed by atoms with Crippen LogP contribution in [0.5, 0.6) is 0 Å². The molecule has 1 aliphatic heterocycles. The Hall–Kier alpha value is -3.06. The maximum atomic E-state index is 13.2. The van der Waals surface area contributed by atoms with Crippen LogP contribution in [-0.2, 0) is 19.5 Å². The Labute approximate surface area is 155 Å². The zero-order chi connectivity index (χ0) is 18.2. The molecule has 27 heavy (non-hydrogen) atoms. The van der Waals surface area contributed by atoms with Crippen LogP contribution < -0.4 is 5.32 Å². The molecule has 136 valence electrons. The summed E-state index contributed by atoms with van der Waals surface area (Å²) in [7, 11) is 0. The molecule has 0 saturated carbocycles. The fourth-order valence-electron chi connectivity index (χ4n) is 3.71. The molecule has 4 heterocycles. The van der Waals surface area contributed by atoms with Crippen molar-refractivity contribution in [3.8, 4) is 11.4 Å². The average molecular weight is 362 g/mol. The molecule has 6 nitrogen and oxygen atoms in total. The van der Waals surface area contributed by atoms with Gasteiger partial charge in [-0.2, -0.15) is 0 Å². The number of hydrogen-bond acceptors (Lipinski definition) is 4. The Morgan fingerprint density at radius 1 is 1.11 bits per heavy atom. The molecule has 0 aliphatic carbocycles. The second-order valence-corrected chi connectivity index (χ2v) is 6.85. The normalized spacial score (nSPS) is 16.6. The molecule has 5 rings (SSSR count). The van der Waals surface area contributed by atoms with Crippen molar-refractivity contribution in [2.75, 3.05) is 0 Å². The zero-order valence-electron chi connectivity index (χ0n) is 14.7. The van der Waals surface area contributed by atoms with Crippen LogP contribution in [0.1, 0.15) is 17.9 Å². The first-order valence-electron chi connectivity index (χ1n) is 9.10. The van der Waals surface area contributed by atoms with Crippen LogP contribution in [0.3, 0.4) is 0 Å². The Kier molecular flexibility index (Phi) is 3.94. The number of aromatic nitrogens is 5. The van der Waals surface area contributed by atoms with Crippen LogP contribution in [-0.4, -0.2) is 30.2 Å². The molecule has 7 heteroatoms. The summed E-state index contributed by atoms with van der Waals surface area (Å²) in [6.07, 6.45) is 5.69.